The van der Waals surface area contributed by atoms with E-state index in [1.807, 2.05) is 0 Å². The molecule has 1 aromatic heterocycles. The average Bonchev–Trinajstić information content (AvgIpc) is 3.00. The van der Waals surface area contributed by atoms with Crippen molar-refractivity contribution in [3.63, 3.8) is 0 Å². The third kappa shape index (κ3) is 2.65. The van der Waals surface area contributed by atoms with E-state index in [4.69, 9.17) is 0 Å². The zero-order chi connectivity index (χ0) is 15.7. The van der Waals surface area contributed by atoms with Crippen LogP contribution in [0.15, 0.2) is 30.5 Å². The highest BCUT2D eigenvalue weighted by atomic mass is 14.9. The molecule has 1 atom stereocenters. The average molecular weight is 293 g/mol. The Bertz CT molecular complexity index is 703. The van der Waals surface area contributed by atoms with Gasteiger partial charge >= 0.3 is 0 Å². The molecule has 0 spiro atoms. The largest absolute Gasteiger partial charge is 0.350 e. The number of fused-ring (bicyclic) bond motifs is 1. The Morgan fingerprint density at radius 1 is 1.18 bits per heavy atom. The number of nitrogens with zero attached hydrogens (tertiary/aromatic N) is 1. The molecule has 22 heavy (non-hydrogen) atoms. The normalized spacial score (nSPS) is 16.3. The Balaban J connectivity index is 1.93. The van der Waals surface area contributed by atoms with Crippen LogP contribution < -0.4 is 0 Å². The van der Waals surface area contributed by atoms with Crippen molar-refractivity contribution in [1.29, 1.82) is 0 Å². The van der Waals surface area contributed by atoms with Gasteiger partial charge in [-0.3, -0.25) is 0 Å². The van der Waals surface area contributed by atoms with Crippen LogP contribution in [0.4, 0.5) is 0 Å². The lowest BCUT2D eigenvalue weighted by atomic mass is 9.97. The minimum absolute atomic E-state index is 0.558. The van der Waals surface area contributed by atoms with Crippen LogP contribution in [-0.4, -0.2) is 4.57 Å². The molecule has 0 N–H and O–H groups in total. The van der Waals surface area contributed by atoms with E-state index in [-0.39, 0.29) is 0 Å². The molecule has 0 aliphatic heterocycles. The molecule has 1 heteroatoms. The summed E-state index contributed by atoms with van der Waals surface area (Å²) in [6.45, 7) is 6.81. The van der Waals surface area contributed by atoms with Crippen molar-refractivity contribution in [2.75, 3.05) is 0 Å². The molecule has 0 bridgehead atoms. The molecule has 1 heterocycles. The van der Waals surface area contributed by atoms with Crippen LogP contribution in [0.1, 0.15) is 61.3 Å². The quantitative estimate of drug-likeness (QED) is 0.608. The topological polar surface area (TPSA) is 4.93 Å². The van der Waals surface area contributed by atoms with Crippen LogP contribution in [0.2, 0.25) is 0 Å². The molecule has 0 saturated carbocycles. The second kappa shape index (κ2) is 6.16. The number of aryl methyl sites for hydroxylation is 2. The van der Waals surface area contributed by atoms with Crippen molar-refractivity contribution in [3.8, 4) is 11.3 Å². The van der Waals surface area contributed by atoms with Crippen molar-refractivity contribution in [1.82, 2.24) is 4.57 Å². The number of rotatable bonds is 5. The van der Waals surface area contributed by atoms with E-state index in [1.54, 1.807) is 0 Å². The second-order valence-electron chi connectivity index (χ2n) is 6.69. The summed E-state index contributed by atoms with van der Waals surface area (Å²) >= 11 is 0. The molecule has 2 aromatic rings. The van der Waals surface area contributed by atoms with Crippen LogP contribution >= 0.6 is 0 Å². The first-order valence-electron chi connectivity index (χ1n) is 8.59. The standard InChI is InChI=1S/C21H27N/c1-5-6-7-8-19-14-22(4)21(16(19)3)18-11-12-20-15(2)9-10-17(20)13-18/h9-15H,5-8H2,1-4H3. The van der Waals surface area contributed by atoms with Gasteiger partial charge in [-0.1, -0.05) is 51.0 Å². The molecule has 1 aliphatic rings. The number of unbranched alkanes of at least 4 members (excludes halogenated alkanes) is 2. The van der Waals surface area contributed by atoms with E-state index in [0.717, 1.165) is 0 Å². The smallest absolute Gasteiger partial charge is 0.0510 e. The third-order valence-corrected chi connectivity index (χ3v) is 5.00. The zero-order valence-electron chi connectivity index (χ0n) is 14.3. The first-order valence-corrected chi connectivity index (χ1v) is 8.59. The maximum Gasteiger partial charge on any atom is 0.0510 e. The molecule has 3 rings (SSSR count). The SMILES string of the molecule is CCCCCc1cn(C)c(-c2ccc3c(c2)C=CC3C)c1C. The summed E-state index contributed by atoms with van der Waals surface area (Å²) in [5.74, 6) is 0.558. The summed E-state index contributed by atoms with van der Waals surface area (Å²) < 4.78 is 2.31. The Hall–Kier alpha value is -1.76. The van der Waals surface area contributed by atoms with Gasteiger partial charge in [0.2, 0.25) is 0 Å². The number of benzene rings is 1. The van der Waals surface area contributed by atoms with Crippen LogP contribution in [0, 0.1) is 6.92 Å². The van der Waals surface area contributed by atoms with Gasteiger partial charge in [-0.05, 0) is 59.6 Å². The van der Waals surface area contributed by atoms with Gasteiger partial charge in [0.25, 0.3) is 0 Å². The van der Waals surface area contributed by atoms with Crippen molar-refractivity contribution >= 4 is 6.08 Å². The molecule has 1 unspecified atom stereocenters. The number of hydrogen-bond acceptors (Lipinski definition) is 0. The summed E-state index contributed by atoms with van der Waals surface area (Å²) in [7, 11) is 2.18. The van der Waals surface area contributed by atoms with Gasteiger partial charge in [0.15, 0.2) is 0 Å². The van der Waals surface area contributed by atoms with Crippen LogP contribution in [0.25, 0.3) is 17.3 Å². The lowest BCUT2D eigenvalue weighted by Gasteiger charge is -2.10. The van der Waals surface area contributed by atoms with Crippen molar-refractivity contribution in [3.05, 3.63) is 52.7 Å². The highest BCUT2D eigenvalue weighted by Gasteiger charge is 2.16. The van der Waals surface area contributed by atoms with Gasteiger partial charge in [-0.2, -0.15) is 0 Å². The van der Waals surface area contributed by atoms with Gasteiger partial charge in [-0.25, -0.2) is 0 Å². The van der Waals surface area contributed by atoms with Crippen LogP contribution in [0.5, 0.6) is 0 Å². The number of allylic oxidation sites excluding steroid dienone is 1. The summed E-state index contributed by atoms with van der Waals surface area (Å²) in [5.41, 5.74) is 8.53. The predicted molar refractivity (Wildman–Crippen MR) is 96.3 cm³/mol. The lowest BCUT2D eigenvalue weighted by molar-refractivity contribution is 0.715. The Kier molecular flexibility index (Phi) is 4.24. The molecule has 1 aliphatic carbocycles. The molecule has 0 radical (unpaired) electrons. The summed E-state index contributed by atoms with van der Waals surface area (Å²) in [6, 6.07) is 6.95. The molecular weight excluding hydrogens is 266 g/mol. The van der Waals surface area contributed by atoms with E-state index in [9.17, 15) is 0 Å². The van der Waals surface area contributed by atoms with Gasteiger partial charge in [0, 0.05) is 13.2 Å². The van der Waals surface area contributed by atoms with Gasteiger partial charge in [-0.15, -0.1) is 0 Å². The molecule has 1 nitrogen and oxygen atoms in total. The number of hydrogen-bond donors (Lipinski definition) is 0. The Morgan fingerprint density at radius 3 is 2.77 bits per heavy atom. The summed E-state index contributed by atoms with van der Waals surface area (Å²) in [6.07, 6.45) is 12.0. The second-order valence-corrected chi connectivity index (χ2v) is 6.69. The fourth-order valence-corrected chi connectivity index (χ4v) is 3.68. The Morgan fingerprint density at radius 2 is 2.00 bits per heavy atom. The Labute approximate surface area is 134 Å². The molecule has 116 valence electrons. The summed E-state index contributed by atoms with van der Waals surface area (Å²) in [4.78, 5) is 0. The van der Waals surface area contributed by atoms with Gasteiger partial charge < -0.3 is 4.57 Å². The predicted octanol–water partition coefficient (Wildman–Crippen LogP) is 5.86. The first-order chi connectivity index (χ1) is 10.6. The first kappa shape index (κ1) is 15.1. The van der Waals surface area contributed by atoms with Gasteiger partial charge in [0.05, 0.1) is 5.69 Å². The zero-order valence-corrected chi connectivity index (χ0v) is 14.3. The van der Waals surface area contributed by atoms with E-state index in [1.165, 1.54) is 59.2 Å². The van der Waals surface area contributed by atoms with E-state index in [2.05, 4.69) is 68.9 Å². The molecule has 0 amide bonds. The van der Waals surface area contributed by atoms with E-state index < -0.39 is 0 Å². The molecule has 1 aromatic carbocycles. The van der Waals surface area contributed by atoms with Crippen LogP contribution in [0.3, 0.4) is 0 Å². The molecule has 0 fully saturated rings. The number of aromatic nitrogens is 1. The van der Waals surface area contributed by atoms with E-state index in [0.29, 0.717) is 5.92 Å². The van der Waals surface area contributed by atoms with Crippen molar-refractivity contribution in [2.24, 2.45) is 7.05 Å². The monoisotopic (exact) mass is 293 g/mol. The highest BCUT2D eigenvalue weighted by molar-refractivity contribution is 5.73. The third-order valence-electron chi connectivity index (χ3n) is 5.00. The molecule has 0 saturated heterocycles. The fourth-order valence-electron chi connectivity index (χ4n) is 3.68. The maximum atomic E-state index is 2.35. The highest BCUT2D eigenvalue weighted by Crippen LogP contribution is 2.35. The van der Waals surface area contributed by atoms with Crippen molar-refractivity contribution in [2.45, 2.75) is 52.4 Å². The maximum absolute atomic E-state index is 2.35. The molecular formula is C21H27N. The van der Waals surface area contributed by atoms with Crippen molar-refractivity contribution < 1.29 is 0 Å². The van der Waals surface area contributed by atoms with Gasteiger partial charge in [0.1, 0.15) is 0 Å². The summed E-state index contributed by atoms with van der Waals surface area (Å²) in [5, 5.41) is 0. The van der Waals surface area contributed by atoms with E-state index >= 15 is 0 Å². The minimum atomic E-state index is 0.558. The lowest BCUT2D eigenvalue weighted by Crippen LogP contribution is -1.93. The van der Waals surface area contributed by atoms with Crippen LogP contribution in [-0.2, 0) is 13.5 Å². The minimum Gasteiger partial charge on any atom is -0.350 e. The fraction of sp³-hybridized carbons (Fsp3) is 0.429.